The van der Waals surface area contributed by atoms with Gasteiger partial charge in [0.15, 0.2) is 0 Å². The number of aliphatic hydroxyl groups excluding tert-OH is 1. The molecule has 178 valence electrons. The van der Waals surface area contributed by atoms with E-state index in [0.29, 0.717) is 25.1 Å². The lowest BCUT2D eigenvalue weighted by Crippen LogP contribution is -2.40. The SMILES string of the molecule is O=S(=O)(c1ccc(-c2ccnc3c2CC(CO)N3S(=O)(=O)c2ccccc2)cc1)N1CCCC1. The van der Waals surface area contributed by atoms with Crippen molar-refractivity contribution in [1.29, 1.82) is 0 Å². The van der Waals surface area contributed by atoms with E-state index in [1.54, 1.807) is 48.5 Å². The van der Waals surface area contributed by atoms with Crippen LogP contribution in [0.4, 0.5) is 5.82 Å². The zero-order valence-electron chi connectivity index (χ0n) is 18.4. The lowest BCUT2D eigenvalue weighted by atomic mass is 9.99. The van der Waals surface area contributed by atoms with Gasteiger partial charge in [-0.15, -0.1) is 0 Å². The van der Waals surface area contributed by atoms with E-state index in [4.69, 9.17) is 0 Å². The summed E-state index contributed by atoms with van der Waals surface area (Å²) in [4.78, 5) is 4.73. The third-order valence-electron chi connectivity index (χ3n) is 6.39. The average molecular weight is 500 g/mol. The van der Waals surface area contributed by atoms with E-state index in [-0.39, 0.29) is 22.2 Å². The number of anilines is 1. The number of aliphatic hydroxyl groups is 1. The summed E-state index contributed by atoms with van der Waals surface area (Å²) in [6.07, 6.45) is 3.58. The lowest BCUT2D eigenvalue weighted by Gasteiger charge is -2.24. The summed E-state index contributed by atoms with van der Waals surface area (Å²) in [5.74, 6) is 0.286. The van der Waals surface area contributed by atoms with Crippen LogP contribution >= 0.6 is 0 Å². The molecule has 2 aliphatic rings. The van der Waals surface area contributed by atoms with Gasteiger partial charge in [0.2, 0.25) is 10.0 Å². The number of fused-ring (bicyclic) bond motifs is 1. The molecule has 1 atom stereocenters. The molecule has 0 spiro atoms. The first-order chi connectivity index (χ1) is 16.3. The first kappa shape index (κ1) is 23.0. The molecule has 2 aliphatic heterocycles. The second kappa shape index (κ2) is 8.77. The van der Waals surface area contributed by atoms with Crippen LogP contribution in [-0.4, -0.2) is 57.0 Å². The van der Waals surface area contributed by atoms with Crippen molar-refractivity contribution in [2.24, 2.45) is 0 Å². The third kappa shape index (κ3) is 3.80. The molecule has 1 unspecified atom stereocenters. The Kier molecular flexibility index (Phi) is 5.93. The summed E-state index contributed by atoms with van der Waals surface area (Å²) in [6, 6.07) is 15.8. The van der Waals surface area contributed by atoms with Gasteiger partial charge < -0.3 is 5.11 Å². The van der Waals surface area contributed by atoms with Gasteiger partial charge in [0.25, 0.3) is 10.0 Å². The number of aromatic nitrogens is 1. The number of nitrogens with zero attached hydrogens (tertiary/aromatic N) is 3. The highest BCUT2D eigenvalue weighted by molar-refractivity contribution is 7.93. The molecule has 1 N–H and O–H groups in total. The van der Waals surface area contributed by atoms with Crippen molar-refractivity contribution in [3.8, 4) is 11.1 Å². The summed E-state index contributed by atoms with van der Waals surface area (Å²) < 4.78 is 55.2. The number of hydrogen-bond donors (Lipinski definition) is 1. The topological polar surface area (TPSA) is 108 Å². The molecule has 3 heterocycles. The van der Waals surface area contributed by atoms with E-state index < -0.39 is 26.1 Å². The van der Waals surface area contributed by atoms with Crippen LogP contribution in [0.25, 0.3) is 11.1 Å². The molecule has 10 heteroatoms. The second-order valence-corrected chi connectivity index (χ2v) is 12.2. The number of sulfonamides is 2. The van der Waals surface area contributed by atoms with E-state index in [9.17, 15) is 21.9 Å². The molecule has 1 fully saturated rings. The molecule has 8 nitrogen and oxygen atoms in total. The van der Waals surface area contributed by atoms with Crippen LogP contribution in [0.5, 0.6) is 0 Å². The Morgan fingerprint density at radius 2 is 1.50 bits per heavy atom. The summed E-state index contributed by atoms with van der Waals surface area (Å²) >= 11 is 0. The molecule has 0 bridgehead atoms. The fraction of sp³-hybridized carbons (Fsp3) is 0.292. The number of pyridine rings is 1. The highest BCUT2D eigenvalue weighted by atomic mass is 32.2. The zero-order chi connectivity index (χ0) is 23.9. The maximum atomic E-state index is 13.4. The fourth-order valence-corrected chi connectivity index (χ4v) is 7.84. The van der Waals surface area contributed by atoms with Gasteiger partial charge in [0, 0.05) is 31.3 Å². The minimum absolute atomic E-state index is 0.130. The Balaban J connectivity index is 1.53. The largest absolute Gasteiger partial charge is 0.394 e. The summed E-state index contributed by atoms with van der Waals surface area (Å²) in [5, 5.41) is 10.0. The fourth-order valence-electron chi connectivity index (χ4n) is 4.67. The van der Waals surface area contributed by atoms with Gasteiger partial charge >= 0.3 is 0 Å². The van der Waals surface area contributed by atoms with Gasteiger partial charge in [-0.2, -0.15) is 4.31 Å². The molecule has 2 aromatic carbocycles. The Bertz CT molecular complexity index is 1400. The van der Waals surface area contributed by atoms with Crippen molar-refractivity contribution in [2.75, 3.05) is 24.0 Å². The Morgan fingerprint density at radius 3 is 2.15 bits per heavy atom. The normalized spacial score (nSPS) is 18.9. The maximum Gasteiger partial charge on any atom is 0.265 e. The van der Waals surface area contributed by atoms with Crippen molar-refractivity contribution in [3.05, 3.63) is 72.4 Å². The smallest absolute Gasteiger partial charge is 0.265 e. The highest BCUT2D eigenvalue weighted by Crippen LogP contribution is 2.40. The van der Waals surface area contributed by atoms with Gasteiger partial charge in [-0.1, -0.05) is 30.3 Å². The molecule has 0 saturated carbocycles. The van der Waals surface area contributed by atoms with Gasteiger partial charge in [0.05, 0.1) is 22.4 Å². The standard InChI is InChI=1S/C24H25N3O5S2/c28-17-19-16-23-22(18-8-10-21(11-9-18)33(29,30)26-14-4-5-15-26)12-13-25-24(23)27(19)34(31,32)20-6-2-1-3-7-20/h1-3,6-13,19,28H,4-5,14-17H2. The van der Waals surface area contributed by atoms with Crippen LogP contribution in [0.1, 0.15) is 18.4 Å². The molecule has 0 amide bonds. The quantitative estimate of drug-likeness (QED) is 0.559. The van der Waals surface area contributed by atoms with Crippen LogP contribution in [0.3, 0.4) is 0 Å². The van der Waals surface area contributed by atoms with Crippen molar-refractivity contribution in [3.63, 3.8) is 0 Å². The average Bonchev–Trinajstić information content (AvgIpc) is 3.53. The van der Waals surface area contributed by atoms with E-state index in [2.05, 4.69) is 4.98 Å². The summed E-state index contributed by atoms with van der Waals surface area (Å²) in [5.41, 5.74) is 2.23. The van der Waals surface area contributed by atoms with Crippen LogP contribution in [-0.2, 0) is 26.5 Å². The van der Waals surface area contributed by atoms with Gasteiger partial charge in [-0.3, -0.25) is 0 Å². The van der Waals surface area contributed by atoms with Crippen molar-refractivity contribution in [1.82, 2.24) is 9.29 Å². The molecule has 1 saturated heterocycles. The van der Waals surface area contributed by atoms with Crippen molar-refractivity contribution < 1.29 is 21.9 Å². The summed E-state index contributed by atoms with van der Waals surface area (Å²) in [7, 11) is -7.44. The molecule has 3 aromatic rings. The molecule has 1 aromatic heterocycles. The summed E-state index contributed by atoms with van der Waals surface area (Å²) in [6.45, 7) is 0.724. The number of hydrogen-bond acceptors (Lipinski definition) is 6. The Labute approximate surface area is 199 Å². The van der Waals surface area contributed by atoms with E-state index >= 15 is 0 Å². The molecule has 5 rings (SSSR count). The molecular weight excluding hydrogens is 474 g/mol. The Hall–Kier alpha value is -2.79. The first-order valence-corrected chi connectivity index (χ1v) is 14.0. The molecule has 0 aliphatic carbocycles. The maximum absolute atomic E-state index is 13.4. The van der Waals surface area contributed by atoms with Crippen LogP contribution in [0, 0.1) is 0 Å². The Morgan fingerprint density at radius 1 is 0.853 bits per heavy atom. The van der Waals surface area contributed by atoms with Crippen LogP contribution < -0.4 is 4.31 Å². The number of rotatable bonds is 6. The molecule has 34 heavy (non-hydrogen) atoms. The third-order valence-corrected chi connectivity index (χ3v) is 10.2. The van der Waals surface area contributed by atoms with E-state index in [0.717, 1.165) is 24.0 Å². The van der Waals surface area contributed by atoms with Crippen LogP contribution in [0.15, 0.2) is 76.7 Å². The predicted octanol–water partition coefficient (Wildman–Crippen LogP) is 2.65. The zero-order valence-corrected chi connectivity index (χ0v) is 20.0. The minimum Gasteiger partial charge on any atom is -0.394 e. The molecular formula is C24H25N3O5S2. The highest BCUT2D eigenvalue weighted by Gasteiger charge is 2.40. The van der Waals surface area contributed by atoms with E-state index in [1.807, 2.05) is 0 Å². The molecule has 0 radical (unpaired) electrons. The predicted molar refractivity (Wildman–Crippen MR) is 128 cm³/mol. The van der Waals surface area contributed by atoms with Crippen molar-refractivity contribution >= 4 is 25.9 Å². The minimum atomic E-state index is -3.92. The second-order valence-electron chi connectivity index (χ2n) is 8.45. The van der Waals surface area contributed by atoms with Gasteiger partial charge in [-0.25, -0.2) is 26.1 Å². The van der Waals surface area contributed by atoms with Gasteiger partial charge in [-0.05, 0) is 54.3 Å². The lowest BCUT2D eigenvalue weighted by molar-refractivity contribution is 0.270. The number of benzene rings is 2. The van der Waals surface area contributed by atoms with Gasteiger partial charge in [0.1, 0.15) is 5.82 Å². The van der Waals surface area contributed by atoms with Crippen molar-refractivity contribution in [2.45, 2.75) is 35.1 Å². The monoisotopic (exact) mass is 499 g/mol. The first-order valence-electron chi connectivity index (χ1n) is 11.1. The van der Waals surface area contributed by atoms with E-state index in [1.165, 1.54) is 26.9 Å². The van der Waals surface area contributed by atoms with Crippen LogP contribution in [0.2, 0.25) is 0 Å².